The van der Waals surface area contributed by atoms with Gasteiger partial charge >= 0.3 is 0 Å². The summed E-state index contributed by atoms with van der Waals surface area (Å²) in [5.41, 5.74) is 1.17. The predicted octanol–water partition coefficient (Wildman–Crippen LogP) is 3.88. The van der Waals surface area contributed by atoms with Crippen LogP contribution in [0, 0.1) is 0 Å². The molecule has 1 aromatic rings. The number of halogens is 1. The summed E-state index contributed by atoms with van der Waals surface area (Å²) in [6.07, 6.45) is 5.76. The number of nitrogens with zero attached hydrogens (tertiary/aromatic N) is 2. The van der Waals surface area contributed by atoms with Gasteiger partial charge in [-0.1, -0.05) is 29.8 Å². The number of hydrogen-bond donors (Lipinski definition) is 0. The molecule has 0 saturated carbocycles. The number of amides is 1. The zero-order chi connectivity index (χ0) is 15.5. The average Bonchev–Trinajstić information content (AvgIpc) is 2.96. The van der Waals surface area contributed by atoms with Gasteiger partial charge in [0.05, 0.1) is 6.54 Å². The van der Waals surface area contributed by atoms with Gasteiger partial charge in [0.25, 0.3) is 0 Å². The van der Waals surface area contributed by atoms with Crippen molar-refractivity contribution < 1.29 is 4.79 Å². The zero-order valence-corrected chi connectivity index (χ0v) is 14.1. The van der Waals surface area contributed by atoms with E-state index >= 15 is 0 Å². The molecule has 0 aliphatic carbocycles. The summed E-state index contributed by atoms with van der Waals surface area (Å²) in [5.74, 6) is 0.283. The van der Waals surface area contributed by atoms with Crippen LogP contribution in [0.25, 0.3) is 0 Å². The van der Waals surface area contributed by atoms with Crippen LogP contribution in [-0.2, 0) is 4.79 Å². The van der Waals surface area contributed by atoms with Gasteiger partial charge in [-0.05, 0) is 57.2 Å². The Kier molecular flexibility index (Phi) is 5.04. The zero-order valence-electron chi connectivity index (χ0n) is 13.3. The number of hydrogen-bond acceptors (Lipinski definition) is 2. The van der Waals surface area contributed by atoms with E-state index in [4.69, 9.17) is 11.6 Å². The van der Waals surface area contributed by atoms with Crippen molar-refractivity contribution in [1.29, 1.82) is 0 Å². The van der Waals surface area contributed by atoms with E-state index in [1.807, 2.05) is 18.2 Å². The summed E-state index contributed by atoms with van der Waals surface area (Å²) >= 11 is 6.36. The summed E-state index contributed by atoms with van der Waals surface area (Å²) in [6.45, 7) is 4.61. The Hall–Kier alpha value is -1.06. The largest absolute Gasteiger partial charge is 0.339 e. The molecule has 0 bridgehead atoms. The third-order valence-electron chi connectivity index (χ3n) is 5.09. The smallest absolute Gasteiger partial charge is 0.237 e. The van der Waals surface area contributed by atoms with Crippen molar-refractivity contribution in [3.05, 3.63) is 34.9 Å². The van der Waals surface area contributed by atoms with Gasteiger partial charge in [0.15, 0.2) is 0 Å². The highest BCUT2D eigenvalue weighted by molar-refractivity contribution is 6.31. The van der Waals surface area contributed by atoms with Gasteiger partial charge in [-0.25, -0.2) is 0 Å². The lowest BCUT2D eigenvalue weighted by atomic mass is 10.0. The van der Waals surface area contributed by atoms with Crippen molar-refractivity contribution in [1.82, 2.24) is 9.80 Å². The molecule has 22 heavy (non-hydrogen) atoms. The van der Waals surface area contributed by atoms with E-state index in [1.54, 1.807) is 0 Å². The van der Waals surface area contributed by atoms with Crippen molar-refractivity contribution >= 4 is 17.5 Å². The van der Waals surface area contributed by atoms with Crippen LogP contribution in [0.1, 0.15) is 50.6 Å². The number of rotatable bonds is 3. The van der Waals surface area contributed by atoms with Crippen LogP contribution in [0.5, 0.6) is 0 Å². The Morgan fingerprint density at radius 2 is 2.00 bits per heavy atom. The maximum absolute atomic E-state index is 12.7. The first kappa shape index (κ1) is 15.8. The predicted molar refractivity (Wildman–Crippen MR) is 90.0 cm³/mol. The van der Waals surface area contributed by atoms with Crippen LogP contribution < -0.4 is 0 Å². The lowest BCUT2D eigenvalue weighted by molar-refractivity contribution is -0.135. The molecule has 2 heterocycles. The van der Waals surface area contributed by atoms with Gasteiger partial charge in [-0.3, -0.25) is 9.69 Å². The Bertz CT molecular complexity index is 534. The Morgan fingerprint density at radius 3 is 2.77 bits per heavy atom. The van der Waals surface area contributed by atoms with E-state index in [2.05, 4.69) is 22.8 Å². The molecule has 0 aromatic heterocycles. The third-order valence-corrected chi connectivity index (χ3v) is 5.43. The number of carbonyl (C=O) groups is 1. The standard InChI is InChI=1S/C18H25ClN2O/c1-14-7-4-5-12-21(14)18(22)13-20-11-6-10-17(20)15-8-2-3-9-16(15)19/h2-3,8-9,14,17H,4-7,10-13H2,1H3. The molecule has 0 spiro atoms. The molecule has 120 valence electrons. The molecule has 2 aliphatic rings. The number of carbonyl (C=O) groups excluding carboxylic acids is 1. The van der Waals surface area contributed by atoms with Crippen LogP contribution >= 0.6 is 11.6 Å². The minimum Gasteiger partial charge on any atom is -0.339 e. The average molecular weight is 321 g/mol. The molecule has 3 nitrogen and oxygen atoms in total. The first-order valence-corrected chi connectivity index (χ1v) is 8.82. The molecule has 4 heteroatoms. The molecule has 3 rings (SSSR count). The van der Waals surface area contributed by atoms with E-state index in [0.29, 0.717) is 12.6 Å². The quantitative estimate of drug-likeness (QED) is 0.844. The molecule has 2 saturated heterocycles. The van der Waals surface area contributed by atoms with Crippen molar-refractivity contribution in [2.24, 2.45) is 0 Å². The highest BCUT2D eigenvalue weighted by atomic mass is 35.5. The van der Waals surface area contributed by atoms with E-state index in [9.17, 15) is 4.79 Å². The molecule has 2 unspecified atom stereocenters. The number of likely N-dealkylation sites (tertiary alicyclic amines) is 2. The number of piperidine rings is 1. The first-order chi connectivity index (χ1) is 10.7. The van der Waals surface area contributed by atoms with Crippen LogP contribution in [-0.4, -0.2) is 41.4 Å². The summed E-state index contributed by atoms with van der Waals surface area (Å²) in [6, 6.07) is 8.72. The first-order valence-electron chi connectivity index (χ1n) is 8.45. The third kappa shape index (κ3) is 3.31. The van der Waals surface area contributed by atoms with Gasteiger partial charge in [0.2, 0.25) is 5.91 Å². The normalized spacial score (nSPS) is 26.4. The fraction of sp³-hybridized carbons (Fsp3) is 0.611. The topological polar surface area (TPSA) is 23.6 Å². The Balaban J connectivity index is 1.69. The molecule has 1 amide bonds. The minimum absolute atomic E-state index is 0.283. The highest BCUT2D eigenvalue weighted by Gasteiger charge is 2.31. The van der Waals surface area contributed by atoms with Crippen LogP contribution in [0.3, 0.4) is 0 Å². The monoisotopic (exact) mass is 320 g/mol. The maximum atomic E-state index is 12.7. The lowest BCUT2D eigenvalue weighted by Gasteiger charge is -2.35. The molecule has 0 radical (unpaired) electrons. The second-order valence-electron chi connectivity index (χ2n) is 6.58. The van der Waals surface area contributed by atoms with E-state index in [-0.39, 0.29) is 11.9 Å². The SMILES string of the molecule is CC1CCCCN1C(=O)CN1CCCC1c1ccccc1Cl. The fourth-order valence-corrected chi connectivity index (χ4v) is 4.11. The van der Waals surface area contributed by atoms with Crippen molar-refractivity contribution in [2.45, 2.75) is 51.1 Å². The summed E-state index contributed by atoms with van der Waals surface area (Å²) < 4.78 is 0. The summed E-state index contributed by atoms with van der Waals surface area (Å²) in [7, 11) is 0. The van der Waals surface area contributed by atoms with E-state index in [0.717, 1.165) is 43.8 Å². The minimum atomic E-state index is 0.283. The van der Waals surface area contributed by atoms with Gasteiger partial charge < -0.3 is 4.90 Å². The van der Waals surface area contributed by atoms with Crippen molar-refractivity contribution in [2.75, 3.05) is 19.6 Å². The van der Waals surface area contributed by atoms with Gasteiger partial charge in [-0.15, -0.1) is 0 Å². The molecular weight excluding hydrogens is 296 g/mol. The Labute approximate surface area is 138 Å². The van der Waals surface area contributed by atoms with Gasteiger partial charge in [0.1, 0.15) is 0 Å². The molecule has 1 aromatic carbocycles. The van der Waals surface area contributed by atoms with Crippen LogP contribution in [0.15, 0.2) is 24.3 Å². The highest BCUT2D eigenvalue weighted by Crippen LogP contribution is 2.35. The van der Waals surface area contributed by atoms with Gasteiger partial charge in [0, 0.05) is 23.7 Å². The lowest BCUT2D eigenvalue weighted by Crippen LogP contribution is -2.46. The second-order valence-corrected chi connectivity index (χ2v) is 6.99. The fourth-order valence-electron chi connectivity index (χ4n) is 3.85. The second kappa shape index (κ2) is 7.01. The molecule has 2 fully saturated rings. The van der Waals surface area contributed by atoms with E-state index < -0.39 is 0 Å². The maximum Gasteiger partial charge on any atom is 0.237 e. The van der Waals surface area contributed by atoms with Crippen molar-refractivity contribution in [3.63, 3.8) is 0 Å². The summed E-state index contributed by atoms with van der Waals surface area (Å²) in [4.78, 5) is 17.1. The molecule has 0 N–H and O–H groups in total. The summed E-state index contributed by atoms with van der Waals surface area (Å²) in [5, 5.41) is 0.818. The molecular formula is C18H25ClN2O. The van der Waals surface area contributed by atoms with Crippen LogP contribution in [0.2, 0.25) is 5.02 Å². The van der Waals surface area contributed by atoms with Crippen LogP contribution in [0.4, 0.5) is 0 Å². The molecule has 2 atom stereocenters. The molecule has 2 aliphatic heterocycles. The van der Waals surface area contributed by atoms with E-state index in [1.165, 1.54) is 12.0 Å². The Morgan fingerprint density at radius 1 is 1.18 bits per heavy atom. The van der Waals surface area contributed by atoms with Crippen molar-refractivity contribution in [3.8, 4) is 0 Å². The number of benzene rings is 1. The van der Waals surface area contributed by atoms with Gasteiger partial charge in [-0.2, -0.15) is 0 Å².